The van der Waals surface area contributed by atoms with Crippen molar-refractivity contribution >= 4 is 0 Å². The van der Waals surface area contributed by atoms with E-state index in [1.54, 1.807) is 12.5 Å². The smallest absolute Gasteiger partial charge is 0.244 e. The highest BCUT2D eigenvalue weighted by Crippen LogP contribution is 2.18. The standard InChI is InChI=1S/C6H9NO2/c1-2-9-6(8-1)5-3-7-4-5/h1-2,5-7H,3-4H2. The van der Waals surface area contributed by atoms with Crippen molar-refractivity contribution in [2.75, 3.05) is 13.1 Å². The third-order valence-electron chi connectivity index (χ3n) is 1.68. The van der Waals surface area contributed by atoms with Gasteiger partial charge in [-0.3, -0.25) is 0 Å². The first kappa shape index (κ1) is 5.11. The average Bonchev–Trinajstić information content (AvgIpc) is 2.11. The second-order valence-electron chi connectivity index (χ2n) is 2.33. The van der Waals surface area contributed by atoms with Crippen molar-refractivity contribution in [2.45, 2.75) is 6.29 Å². The molecule has 1 saturated heterocycles. The predicted molar refractivity (Wildman–Crippen MR) is 31.5 cm³/mol. The molecule has 1 N–H and O–H groups in total. The summed E-state index contributed by atoms with van der Waals surface area (Å²) in [7, 11) is 0. The van der Waals surface area contributed by atoms with E-state index >= 15 is 0 Å². The van der Waals surface area contributed by atoms with E-state index < -0.39 is 0 Å². The van der Waals surface area contributed by atoms with Crippen molar-refractivity contribution in [1.82, 2.24) is 5.32 Å². The van der Waals surface area contributed by atoms with Crippen molar-refractivity contribution < 1.29 is 9.47 Å². The molecule has 0 radical (unpaired) electrons. The molecule has 2 heterocycles. The van der Waals surface area contributed by atoms with Crippen LogP contribution < -0.4 is 5.32 Å². The fraction of sp³-hybridized carbons (Fsp3) is 0.667. The van der Waals surface area contributed by atoms with Gasteiger partial charge in [0.15, 0.2) is 0 Å². The van der Waals surface area contributed by atoms with E-state index in [-0.39, 0.29) is 6.29 Å². The van der Waals surface area contributed by atoms with Crippen LogP contribution >= 0.6 is 0 Å². The van der Waals surface area contributed by atoms with Gasteiger partial charge in [0.2, 0.25) is 6.29 Å². The van der Waals surface area contributed by atoms with Crippen molar-refractivity contribution in [3.63, 3.8) is 0 Å². The summed E-state index contributed by atoms with van der Waals surface area (Å²) in [6, 6.07) is 0. The number of nitrogens with one attached hydrogen (secondary N) is 1. The van der Waals surface area contributed by atoms with Crippen LogP contribution in [-0.4, -0.2) is 19.4 Å². The molecule has 0 aromatic carbocycles. The summed E-state index contributed by atoms with van der Waals surface area (Å²) in [6.45, 7) is 2.04. The Morgan fingerprint density at radius 3 is 2.33 bits per heavy atom. The van der Waals surface area contributed by atoms with Gasteiger partial charge in [-0.25, -0.2) is 0 Å². The fourth-order valence-electron chi connectivity index (χ4n) is 0.977. The van der Waals surface area contributed by atoms with Gasteiger partial charge in [0.1, 0.15) is 12.5 Å². The zero-order valence-electron chi connectivity index (χ0n) is 5.04. The van der Waals surface area contributed by atoms with Crippen LogP contribution in [0.25, 0.3) is 0 Å². The number of hydrogen-bond acceptors (Lipinski definition) is 3. The lowest BCUT2D eigenvalue weighted by atomic mass is 10.0. The van der Waals surface area contributed by atoms with Crippen molar-refractivity contribution in [2.24, 2.45) is 5.92 Å². The van der Waals surface area contributed by atoms with Gasteiger partial charge in [0.05, 0.1) is 5.92 Å². The minimum absolute atomic E-state index is 0.00810. The van der Waals surface area contributed by atoms with Gasteiger partial charge >= 0.3 is 0 Å². The highest BCUT2D eigenvalue weighted by atomic mass is 16.7. The van der Waals surface area contributed by atoms with Gasteiger partial charge in [-0.15, -0.1) is 0 Å². The Morgan fingerprint density at radius 2 is 1.89 bits per heavy atom. The maximum Gasteiger partial charge on any atom is 0.244 e. The molecule has 0 aromatic heterocycles. The average molecular weight is 127 g/mol. The molecule has 0 atom stereocenters. The van der Waals surface area contributed by atoms with Crippen LogP contribution in [0.3, 0.4) is 0 Å². The molecule has 1 fully saturated rings. The zero-order chi connectivity index (χ0) is 6.10. The Kier molecular flexibility index (Phi) is 1.09. The van der Waals surface area contributed by atoms with Crippen LogP contribution in [0.15, 0.2) is 12.5 Å². The largest absolute Gasteiger partial charge is 0.459 e. The topological polar surface area (TPSA) is 30.5 Å². The van der Waals surface area contributed by atoms with Crippen LogP contribution in [0.4, 0.5) is 0 Å². The van der Waals surface area contributed by atoms with E-state index in [1.807, 2.05) is 0 Å². The lowest BCUT2D eigenvalue weighted by Crippen LogP contribution is -2.48. The minimum Gasteiger partial charge on any atom is -0.459 e. The van der Waals surface area contributed by atoms with E-state index in [9.17, 15) is 0 Å². The molecule has 50 valence electrons. The summed E-state index contributed by atoms with van der Waals surface area (Å²) in [4.78, 5) is 0. The summed E-state index contributed by atoms with van der Waals surface area (Å²) in [6.07, 6.45) is 3.19. The second-order valence-corrected chi connectivity index (χ2v) is 2.33. The fourth-order valence-corrected chi connectivity index (χ4v) is 0.977. The Hall–Kier alpha value is -0.700. The molecule has 0 spiro atoms. The maximum absolute atomic E-state index is 5.11. The summed E-state index contributed by atoms with van der Waals surface area (Å²) < 4.78 is 10.2. The number of rotatable bonds is 1. The first-order valence-electron chi connectivity index (χ1n) is 3.13. The molecule has 0 amide bonds. The van der Waals surface area contributed by atoms with E-state index in [1.165, 1.54) is 0 Å². The van der Waals surface area contributed by atoms with Gasteiger partial charge in [0, 0.05) is 13.1 Å². The number of ether oxygens (including phenoxy) is 2. The van der Waals surface area contributed by atoms with E-state index in [0.29, 0.717) is 5.92 Å². The first-order valence-corrected chi connectivity index (χ1v) is 3.13. The molecular weight excluding hydrogens is 118 g/mol. The molecule has 9 heavy (non-hydrogen) atoms. The number of hydrogen-bond donors (Lipinski definition) is 1. The lowest BCUT2D eigenvalue weighted by Gasteiger charge is -2.30. The second kappa shape index (κ2) is 1.92. The molecule has 2 rings (SSSR count). The maximum atomic E-state index is 5.11. The summed E-state index contributed by atoms with van der Waals surface area (Å²) >= 11 is 0. The molecule has 3 nitrogen and oxygen atoms in total. The lowest BCUT2D eigenvalue weighted by molar-refractivity contribution is -0.0807. The quantitative estimate of drug-likeness (QED) is 0.540. The van der Waals surface area contributed by atoms with Crippen LogP contribution in [0.2, 0.25) is 0 Å². The Morgan fingerprint density at radius 1 is 1.22 bits per heavy atom. The zero-order valence-corrected chi connectivity index (χ0v) is 5.04. The molecule has 2 aliphatic rings. The highest BCUT2D eigenvalue weighted by Gasteiger charge is 2.30. The third kappa shape index (κ3) is 0.772. The normalized spacial score (nSPS) is 27.1. The summed E-state index contributed by atoms with van der Waals surface area (Å²) in [5.74, 6) is 0.556. The van der Waals surface area contributed by atoms with Crippen LogP contribution in [0, 0.1) is 5.92 Å². The van der Waals surface area contributed by atoms with Crippen molar-refractivity contribution in [3.05, 3.63) is 12.5 Å². The Labute approximate surface area is 53.6 Å². The van der Waals surface area contributed by atoms with Crippen LogP contribution in [-0.2, 0) is 9.47 Å². The van der Waals surface area contributed by atoms with Gasteiger partial charge < -0.3 is 14.8 Å². The molecule has 0 unspecified atom stereocenters. The molecule has 3 heteroatoms. The molecule has 2 aliphatic heterocycles. The molecule has 0 aromatic rings. The van der Waals surface area contributed by atoms with Gasteiger partial charge in [-0.1, -0.05) is 0 Å². The molecule has 0 saturated carbocycles. The Balaban J connectivity index is 1.85. The Bertz CT molecular complexity index is 123. The molecular formula is C6H9NO2. The first-order chi connectivity index (χ1) is 4.47. The summed E-state index contributed by atoms with van der Waals surface area (Å²) in [5, 5.41) is 3.15. The van der Waals surface area contributed by atoms with E-state index in [0.717, 1.165) is 13.1 Å². The van der Waals surface area contributed by atoms with Gasteiger partial charge in [-0.2, -0.15) is 0 Å². The van der Waals surface area contributed by atoms with Crippen LogP contribution in [0.5, 0.6) is 0 Å². The van der Waals surface area contributed by atoms with Gasteiger partial charge in [-0.05, 0) is 0 Å². The summed E-state index contributed by atoms with van der Waals surface area (Å²) in [5.41, 5.74) is 0. The monoisotopic (exact) mass is 127 g/mol. The predicted octanol–water partition coefficient (Wildman–Crippen LogP) is 0.0499. The van der Waals surface area contributed by atoms with E-state index in [4.69, 9.17) is 9.47 Å². The van der Waals surface area contributed by atoms with E-state index in [2.05, 4.69) is 5.32 Å². The van der Waals surface area contributed by atoms with Crippen molar-refractivity contribution in [1.29, 1.82) is 0 Å². The third-order valence-corrected chi connectivity index (χ3v) is 1.68. The highest BCUT2D eigenvalue weighted by molar-refractivity contribution is 4.83. The van der Waals surface area contributed by atoms with Crippen molar-refractivity contribution in [3.8, 4) is 0 Å². The van der Waals surface area contributed by atoms with Gasteiger partial charge in [0.25, 0.3) is 0 Å². The minimum atomic E-state index is -0.00810. The molecule has 0 bridgehead atoms. The molecule has 0 aliphatic carbocycles. The van der Waals surface area contributed by atoms with Crippen LogP contribution in [0.1, 0.15) is 0 Å². The SMILES string of the molecule is C1=COC(C2CNC2)O1.